The summed E-state index contributed by atoms with van der Waals surface area (Å²) >= 11 is 0. The number of hydrogen-bond acceptors (Lipinski definition) is 4. The molecule has 1 amide bonds. The van der Waals surface area contributed by atoms with Gasteiger partial charge in [-0.05, 0) is 31.3 Å². The largest absolute Gasteiger partial charge is 0.390 e. The van der Waals surface area contributed by atoms with E-state index in [-0.39, 0.29) is 18.2 Å². The molecule has 0 aliphatic heterocycles. The molecule has 0 saturated heterocycles. The van der Waals surface area contributed by atoms with E-state index in [4.69, 9.17) is 0 Å². The van der Waals surface area contributed by atoms with Crippen LogP contribution >= 0.6 is 0 Å². The van der Waals surface area contributed by atoms with Gasteiger partial charge < -0.3 is 19.9 Å². The van der Waals surface area contributed by atoms with E-state index in [0.29, 0.717) is 17.8 Å². The molecule has 6 heteroatoms. The van der Waals surface area contributed by atoms with E-state index in [1.807, 2.05) is 93.8 Å². The van der Waals surface area contributed by atoms with Gasteiger partial charge in [0.15, 0.2) is 5.78 Å². The first-order valence-corrected chi connectivity index (χ1v) is 11.6. The number of carbonyl (C=O) groups is 2. The second-order valence-corrected chi connectivity index (χ2v) is 9.34. The van der Waals surface area contributed by atoms with Crippen LogP contribution in [0.5, 0.6) is 0 Å². The summed E-state index contributed by atoms with van der Waals surface area (Å²) in [4.78, 5) is 29.2. The molecule has 0 spiro atoms. The normalized spacial score (nSPS) is 12.8. The van der Waals surface area contributed by atoms with E-state index < -0.39 is 11.5 Å². The summed E-state index contributed by atoms with van der Waals surface area (Å²) in [5.41, 5.74) is 1.65. The molecule has 0 aliphatic rings. The lowest BCUT2D eigenvalue weighted by atomic mass is 9.85. The molecule has 0 fully saturated rings. The van der Waals surface area contributed by atoms with Crippen molar-refractivity contribution in [2.45, 2.75) is 40.7 Å². The van der Waals surface area contributed by atoms with E-state index in [9.17, 15) is 14.7 Å². The molecule has 1 unspecified atom stereocenters. The van der Waals surface area contributed by atoms with Crippen LogP contribution in [0, 0.1) is 5.41 Å². The van der Waals surface area contributed by atoms with Gasteiger partial charge in [-0.25, -0.2) is 0 Å². The number of Topliss-reactive ketones (excluding diaryl/α,β-unsaturated/α-hetero) is 1. The number of amides is 1. The fraction of sp³-hybridized carbons (Fsp3) is 0.407. The lowest BCUT2D eigenvalue weighted by Gasteiger charge is -2.22. The highest BCUT2D eigenvalue weighted by Crippen LogP contribution is 2.34. The third kappa shape index (κ3) is 5.34. The SMILES string of the molecule is CCN(CC)CC(O)CNC(=O)c1c(C(=O)C(C)(C)C)c2ccccc2n1-c1ccccc1. The minimum Gasteiger partial charge on any atom is -0.390 e. The van der Waals surface area contributed by atoms with Gasteiger partial charge in [-0.1, -0.05) is 71.0 Å². The summed E-state index contributed by atoms with van der Waals surface area (Å²) in [6.45, 7) is 11.9. The number of aliphatic hydroxyl groups is 1. The molecule has 2 N–H and O–H groups in total. The van der Waals surface area contributed by atoms with Gasteiger partial charge in [0.05, 0.1) is 17.2 Å². The molecule has 6 nitrogen and oxygen atoms in total. The van der Waals surface area contributed by atoms with Crippen LogP contribution in [0.1, 0.15) is 55.5 Å². The van der Waals surface area contributed by atoms with Crippen molar-refractivity contribution in [2.24, 2.45) is 5.41 Å². The van der Waals surface area contributed by atoms with E-state index in [2.05, 4.69) is 10.2 Å². The molecule has 3 rings (SSSR count). The van der Waals surface area contributed by atoms with Crippen molar-refractivity contribution in [3.63, 3.8) is 0 Å². The number of likely N-dealkylation sites (N-methyl/N-ethyl adjacent to an activating group) is 1. The zero-order valence-corrected chi connectivity index (χ0v) is 20.3. The number of aliphatic hydroxyl groups excluding tert-OH is 1. The van der Waals surface area contributed by atoms with E-state index in [0.717, 1.165) is 29.7 Å². The summed E-state index contributed by atoms with van der Waals surface area (Å²) in [5, 5.41) is 14.1. The first kappa shape index (κ1) is 24.7. The van der Waals surface area contributed by atoms with Gasteiger partial charge in [0.2, 0.25) is 0 Å². The smallest absolute Gasteiger partial charge is 0.269 e. The number of hydrogen-bond donors (Lipinski definition) is 2. The lowest BCUT2D eigenvalue weighted by Crippen LogP contribution is -2.41. The zero-order chi connectivity index (χ0) is 24.2. The lowest BCUT2D eigenvalue weighted by molar-refractivity contribution is 0.0831. The van der Waals surface area contributed by atoms with Crippen molar-refractivity contribution >= 4 is 22.6 Å². The highest BCUT2D eigenvalue weighted by molar-refractivity contribution is 6.18. The Bertz CT molecular complexity index is 1110. The first-order valence-electron chi connectivity index (χ1n) is 11.6. The third-order valence-electron chi connectivity index (χ3n) is 5.87. The van der Waals surface area contributed by atoms with Crippen molar-refractivity contribution in [1.82, 2.24) is 14.8 Å². The Morgan fingerprint density at radius 3 is 2.21 bits per heavy atom. The Hall–Kier alpha value is -2.96. The molecule has 176 valence electrons. The van der Waals surface area contributed by atoms with Crippen LogP contribution in [0.15, 0.2) is 54.6 Å². The van der Waals surface area contributed by atoms with Crippen molar-refractivity contribution in [3.05, 3.63) is 65.9 Å². The fourth-order valence-electron chi connectivity index (χ4n) is 4.04. The maximum atomic E-state index is 13.6. The van der Waals surface area contributed by atoms with Gasteiger partial charge in [0, 0.05) is 29.6 Å². The molecule has 1 heterocycles. The van der Waals surface area contributed by atoms with Gasteiger partial charge in [-0.2, -0.15) is 0 Å². The predicted molar refractivity (Wildman–Crippen MR) is 133 cm³/mol. The number of fused-ring (bicyclic) bond motifs is 1. The van der Waals surface area contributed by atoms with Gasteiger partial charge in [-0.3, -0.25) is 9.59 Å². The number of rotatable bonds is 9. The topological polar surface area (TPSA) is 74.6 Å². The number of para-hydroxylation sites is 2. The third-order valence-corrected chi connectivity index (χ3v) is 5.87. The molecule has 0 aliphatic carbocycles. The first-order chi connectivity index (χ1) is 15.7. The summed E-state index contributed by atoms with van der Waals surface area (Å²) in [6.07, 6.45) is -0.704. The number of carbonyl (C=O) groups excluding carboxylic acids is 2. The van der Waals surface area contributed by atoms with Crippen LogP contribution in [0.3, 0.4) is 0 Å². The van der Waals surface area contributed by atoms with Crippen LogP contribution in [0.4, 0.5) is 0 Å². The number of nitrogens with zero attached hydrogens (tertiary/aromatic N) is 2. The molecular formula is C27H35N3O3. The second kappa shape index (κ2) is 10.3. The molecule has 0 radical (unpaired) electrons. The van der Waals surface area contributed by atoms with Gasteiger partial charge in [-0.15, -0.1) is 0 Å². The van der Waals surface area contributed by atoms with Crippen molar-refractivity contribution in [2.75, 3.05) is 26.2 Å². The van der Waals surface area contributed by atoms with E-state index in [1.165, 1.54) is 0 Å². The monoisotopic (exact) mass is 449 g/mol. The Morgan fingerprint density at radius 1 is 1.00 bits per heavy atom. The predicted octanol–water partition coefficient (Wildman–Crippen LogP) is 4.29. The van der Waals surface area contributed by atoms with Gasteiger partial charge in [0.1, 0.15) is 5.69 Å². The molecule has 1 atom stereocenters. The average molecular weight is 450 g/mol. The number of benzene rings is 2. The number of aromatic nitrogens is 1. The highest BCUT2D eigenvalue weighted by Gasteiger charge is 2.33. The van der Waals surface area contributed by atoms with Gasteiger partial charge in [0.25, 0.3) is 5.91 Å². The molecule has 2 aromatic carbocycles. The fourth-order valence-corrected chi connectivity index (χ4v) is 4.04. The minimum atomic E-state index is -0.704. The molecule has 1 aromatic heterocycles. The summed E-state index contributed by atoms with van der Waals surface area (Å²) in [6, 6.07) is 17.2. The quantitative estimate of drug-likeness (QED) is 0.478. The average Bonchev–Trinajstić information content (AvgIpc) is 3.15. The van der Waals surface area contributed by atoms with Crippen LogP contribution in [0.2, 0.25) is 0 Å². The minimum absolute atomic E-state index is 0.0952. The molecule has 0 saturated carbocycles. The highest BCUT2D eigenvalue weighted by atomic mass is 16.3. The summed E-state index contributed by atoms with van der Waals surface area (Å²) < 4.78 is 1.85. The number of ketones is 1. The Kier molecular flexibility index (Phi) is 7.72. The zero-order valence-electron chi connectivity index (χ0n) is 20.3. The summed E-state index contributed by atoms with van der Waals surface area (Å²) in [5.74, 6) is -0.469. The van der Waals surface area contributed by atoms with Crippen molar-refractivity contribution in [3.8, 4) is 5.69 Å². The maximum absolute atomic E-state index is 13.6. The molecular weight excluding hydrogens is 414 g/mol. The van der Waals surface area contributed by atoms with E-state index >= 15 is 0 Å². The Balaban J connectivity index is 2.10. The standard InChI is InChI=1S/C27H35N3O3/c1-6-29(7-2)18-20(31)17-28-26(33)24-23(25(32)27(3,4)5)21-15-11-12-16-22(21)30(24)19-13-9-8-10-14-19/h8-16,20,31H,6-7,17-18H2,1-5H3,(H,28,33). The number of nitrogens with one attached hydrogen (secondary N) is 1. The molecule has 3 aromatic rings. The molecule has 33 heavy (non-hydrogen) atoms. The van der Waals surface area contributed by atoms with Crippen LogP contribution in [-0.4, -0.2) is 58.5 Å². The molecule has 0 bridgehead atoms. The van der Waals surface area contributed by atoms with E-state index in [1.54, 1.807) is 0 Å². The van der Waals surface area contributed by atoms with Crippen LogP contribution in [-0.2, 0) is 0 Å². The van der Waals surface area contributed by atoms with Crippen LogP contribution < -0.4 is 5.32 Å². The van der Waals surface area contributed by atoms with Crippen molar-refractivity contribution < 1.29 is 14.7 Å². The second-order valence-electron chi connectivity index (χ2n) is 9.34. The van der Waals surface area contributed by atoms with Crippen molar-refractivity contribution in [1.29, 1.82) is 0 Å². The Labute approximate surface area is 196 Å². The summed E-state index contributed by atoms with van der Waals surface area (Å²) in [7, 11) is 0. The van der Waals surface area contributed by atoms with Gasteiger partial charge >= 0.3 is 0 Å². The maximum Gasteiger partial charge on any atom is 0.269 e. The Morgan fingerprint density at radius 2 is 1.61 bits per heavy atom. The van der Waals surface area contributed by atoms with Crippen LogP contribution in [0.25, 0.3) is 16.6 Å².